The summed E-state index contributed by atoms with van der Waals surface area (Å²) in [6, 6.07) is 18.1. The maximum Gasteiger partial charge on any atom is 0.231 e. The van der Waals surface area contributed by atoms with Crippen LogP contribution in [-0.2, 0) is 6.54 Å². The Kier molecular flexibility index (Phi) is 4.14. The number of rotatable bonds is 4. The Morgan fingerprint density at radius 2 is 1.77 bits per heavy atom. The molecule has 0 aliphatic rings. The maximum atomic E-state index is 6.08. The average Bonchev–Trinajstić information content (AvgIpc) is 3.06. The number of nitrogen functional groups attached to an aromatic ring is 1. The molecule has 26 heavy (non-hydrogen) atoms. The summed E-state index contributed by atoms with van der Waals surface area (Å²) >= 11 is 0. The van der Waals surface area contributed by atoms with Crippen LogP contribution in [0.4, 0.5) is 5.82 Å². The standard InChI is InChI=1S/C21H20N4O/c1-25(2)13-14-7-9-15(10-8-14)16-11-17(20(22)23-12-16)21-24-18-5-3-4-6-19(18)26-21/h3-12H,13H2,1-2H3,(H2,22,23). The van der Waals surface area contributed by atoms with Gasteiger partial charge in [-0.25, -0.2) is 9.97 Å². The van der Waals surface area contributed by atoms with Crippen molar-refractivity contribution in [3.63, 3.8) is 0 Å². The van der Waals surface area contributed by atoms with E-state index in [0.29, 0.717) is 17.3 Å². The second kappa shape index (κ2) is 6.61. The molecule has 0 saturated carbocycles. The molecule has 0 bridgehead atoms. The highest BCUT2D eigenvalue weighted by Crippen LogP contribution is 2.31. The van der Waals surface area contributed by atoms with Crippen LogP contribution < -0.4 is 5.73 Å². The summed E-state index contributed by atoms with van der Waals surface area (Å²) in [6.45, 7) is 0.911. The molecule has 0 saturated heterocycles. The van der Waals surface area contributed by atoms with Gasteiger partial charge in [0.1, 0.15) is 11.3 Å². The van der Waals surface area contributed by atoms with Gasteiger partial charge in [-0.05, 0) is 43.4 Å². The van der Waals surface area contributed by atoms with Crippen molar-refractivity contribution >= 4 is 16.9 Å². The average molecular weight is 344 g/mol. The van der Waals surface area contributed by atoms with Gasteiger partial charge in [0.15, 0.2) is 5.58 Å². The number of fused-ring (bicyclic) bond motifs is 1. The molecule has 0 fully saturated rings. The predicted molar refractivity (Wildman–Crippen MR) is 104 cm³/mol. The highest BCUT2D eigenvalue weighted by atomic mass is 16.3. The Hall–Kier alpha value is -3.18. The van der Waals surface area contributed by atoms with Crippen LogP contribution in [-0.4, -0.2) is 29.0 Å². The second-order valence-corrected chi connectivity index (χ2v) is 6.58. The van der Waals surface area contributed by atoms with Crippen LogP contribution in [0, 0.1) is 0 Å². The van der Waals surface area contributed by atoms with Crippen molar-refractivity contribution in [2.24, 2.45) is 0 Å². The quantitative estimate of drug-likeness (QED) is 0.601. The lowest BCUT2D eigenvalue weighted by atomic mass is 10.0. The third-order valence-corrected chi connectivity index (χ3v) is 4.23. The van der Waals surface area contributed by atoms with E-state index in [2.05, 4.69) is 53.2 Å². The Labute approximate surface area is 152 Å². The van der Waals surface area contributed by atoms with Crippen LogP contribution >= 0.6 is 0 Å². The highest BCUT2D eigenvalue weighted by molar-refractivity contribution is 5.80. The molecule has 2 N–H and O–H groups in total. The molecular formula is C21H20N4O. The van der Waals surface area contributed by atoms with E-state index in [1.807, 2.05) is 30.3 Å². The number of oxazole rings is 1. The number of nitrogens with zero attached hydrogens (tertiary/aromatic N) is 3. The Morgan fingerprint density at radius 3 is 2.50 bits per heavy atom. The Morgan fingerprint density at radius 1 is 1.00 bits per heavy atom. The van der Waals surface area contributed by atoms with E-state index in [4.69, 9.17) is 10.2 Å². The summed E-state index contributed by atoms with van der Waals surface area (Å²) in [4.78, 5) is 11.0. The van der Waals surface area contributed by atoms with Crippen molar-refractivity contribution in [3.05, 3.63) is 66.4 Å². The zero-order valence-electron chi connectivity index (χ0n) is 14.8. The van der Waals surface area contributed by atoms with Gasteiger partial charge in [0.25, 0.3) is 0 Å². The van der Waals surface area contributed by atoms with Crippen molar-refractivity contribution in [2.45, 2.75) is 6.54 Å². The van der Waals surface area contributed by atoms with Gasteiger partial charge in [0.05, 0.1) is 5.56 Å². The first-order valence-electron chi connectivity index (χ1n) is 8.45. The summed E-state index contributed by atoms with van der Waals surface area (Å²) < 4.78 is 5.85. The lowest BCUT2D eigenvalue weighted by molar-refractivity contribution is 0.402. The zero-order valence-corrected chi connectivity index (χ0v) is 14.8. The number of aromatic nitrogens is 2. The summed E-state index contributed by atoms with van der Waals surface area (Å²) in [5, 5.41) is 0. The number of benzene rings is 2. The first-order chi connectivity index (χ1) is 12.6. The van der Waals surface area contributed by atoms with Gasteiger partial charge in [0, 0.05) is 18.3 Å². The van der Waals surface area contributed by atoms with Crippen molar-refractivity contribution in [3.8, 4) is 22.6 Å². The third-order valence-electron chi connectivity index (χ3n) is 4.23. The molecule has 4 rings (SSSR count). The van der Waals surface area contributed by atoms with Crippen molar-refractivity contribution < 1.29 is 4.42 Å². The van der Waals surface area contributed by atoms with Gasteiger partial charge < -0.3 is 15.1 Å². The van der Waals surface area contributed by atoms with E-state index in [-0.39, 0.29) is 0 Å². The number of hydrogen-bond donors (Lipinski definition) is 1. The van der Waals surface area contributed by atoms with Gasteiger partial charge in [0.2, 0.25) is 5.89 Å². The van der Waals surface area contributed by atoms with E-state index < -0.39 is 0 Å². The third kappa shape index (κ3) is 3.17. The minimum Gasteiger partial charge on any atom is -0.436 e. The number of pyridine rings is 1. The largest absolute Gasteiger partial charge is 0.436 e. The molecular weight excluding hydrogens is 324 g/mol. The molecule has 0 aliphatic carbocycles. The molecule has 2 aromatic carbocycles. The molecule has 0 aliphatic heterocycles. The molecule has 0 unspecified atom stereocenters. The van der Waals surface area contributed by atoms with Crippen LogP contribution in [0.2, 0.25) is 0 Å². The zero-order chi connectivity index (χ0) is 18.1. The first kappa shape index (κ1) is 16.3. The predicted octanol–water partition coefficient (Wildman–Crippen LogP) is 4.20. The van der Waals surface area contributed by atoms with Crippen LogP contribution in [0.15, 0.2) is 65.2 Å². The lowest BCUT2D eigenvalue weighted by Crippen LogP contribution is -2.10. The molecule has 0 radical (unpaired) electrons. The normalized spacial score (nSPS) is 11.3. The molecule has 2 heterocycles. The molecule has 0 spiro atoms. The van der Waals surface area contributed by atoms with Crippen LogP contribution in [0.5, 0.6) is 0 Å². The van der Waals surface area contributed by atoms with E-state index >= 15 is 0 Å². The van der Waals surface area contributed by atoms with Crippen molar-refractivity contribution in [2.75, 3.05) is 19.8 Å². The fraction of sp³-hybridized carbons (Fsp3) is 0.143. The molecule has 5 nitrogen and oxygen atoms in total. The van der Waals surface area contributed by atoms with Gasteiger partial charge in [-0.1, -0.05) is 36.4 Å². The summed E-state index contributed by atoms with van der Waals surface area (Å²) in [5.74, 6) is 0.895. The van der Waals surface area contributed by atoms with Crippen LogP contribution in [0.3, 0.4) is 0 Å². The Bertz CT molecular complexity index is 1020. The number of anilines is 1. The Balaban J connectivity index is 1.72. The van der Waals surface area contributed by atoms with Crippen LogP contribution in [0.1, 0.15) is 5.56 Å². The second-order valence-electron chi connectivity index (χ2n) is 6.58. The van der Waals surface area contributed by atoms with Crippen molar-refractivity contribution in [1.82, 2.24) is 14.9 Å². The summed E-state index contributed by atoms with van der Waals surface area (Å²) in [5.41, 5.74) is 11.7. The van der Waals surface area contributed by atoms with E-state index in [9.17, 15) is 0 Å². The molecule has 2 aromatic heterocycles. The topological polar surface area (TPSA) is 68.2 Å². The van der Waals surface area contributed by atoms with E-state index in [0.717, 1.165) is 28.8 Å². The van der Waals surface area contributed by atoms with Gasteiger partial charge in [-0.15, -0.1) is 0 Å². The smallest absolute Gasteiger partial charge is 0.231 e. The molecule has 5 heteroatoms. The lowest BCUT2D eigenvalue weighted by Gasteiger charge is -2.10. The fourth-order valence-corrected chi connectivity index (χ4v) is 2.96. The van der Waals surface area contributed by atoms with E-state index in [1.165, 1.54) is 5.56 Å². The molecule has 4 aromatic rings. The number of nitrogens with two attached hydrogens (primary N) is 1. The van der Waals surface area contributed by atoms with Gasteiger partial charge >= 0.3 is 0 Å². The highest BCUT2D eigenvalue weighted by Gasteiger charge is 2.13. The van der Waals surface area contributed by atoms with E-state index in [1.54, 1.807) is 6.20 Å². The monoisotopic (exact) mass is 344 g/mol. The maximum absolute atomic E-state index is 6.08. The van der Waals surface area contributed by atoms with Gasteiger partial charge in [-0.3, -0.25) is 0 Å². The molecule has 130 valence electrons. The molecule has 0 atom stereocenters. The fourth-order valence-electron chi connectivity index (χ4n) is 2.96. The summed E-state index contributed by atoms with van der Waals surface area (Å²) in [6.07, 6.45) is 1.78. The van der Waals surface area contributed by atoms with Crippen LogP contribution in [0.25, 0.3) is 33.7 Å². The number of para-hydroxylation sites is 2. The SMILES string of the molecule is CN(C)Cc1ccc(-c2cnc(N)c(-c3nc4ccccc4o3)c2)cc1. The minimum absolute atomic E-state index is 0.407. The van der Waals surface area contributed by atoms with Crippen molar-refractivity contribution in [1.29, 1.82) is 0 Å². The number of hydrogen-bond acceptors (Lipinski definition) is 5. The first-order valence-corrected chi connectivity index (χ1v) is 8.45. The summed E-state index contributed by atoms with van der Waals surface area (Å²) in [7, 11) is 4.12. The molecule has 0 amide bonds. The van der Waals surface area contributed by atoms with Gasteiger partial charge in [-0.2, -0.15) is 0 Å². The minimum atomic E-state index is 0.407.